The number of carbonyl (C=O) groups is 3. The lowest BCUT2D eigenvalue weighted by Gasteiger charge is -2.23. The van der Waals surface area contributed by atoms with Crippen molar-refractivity contribution >= 4 is 41.2 Å². The lowest BCUT2D eigenvalue weighted by molar-refractivity contribution is -0.141. The third kappa shape index (κ3) is 7.40. The van der Waals surface area contributed by atoms with Crippen LogP contribution in [0.5, 0.6) is 0 Å². The predicted octanol–water partition coefficient (Wildman–Crippen LogP) is 0.927. The van der Waals surface area contributed by atoms with Crippen LogP contribution < -0.4 is 10.6 Å². The van der Waals surface area contributed by atoms with Crippen molar-refractivity contribution in [3.63, 3.8) is 0 Å². The molecule has 0 aromatic rings. The fourth-order valence-corrected chi connectivity index (χ4v) is 1.49. The van der Waals surface area contributed by atoms with Crippen molar-refractivity contribution < 1.29 is 24.2 Å². The summed E-state index contributed by atoms with van der Waals surface area (Å²) in [5.74, 6) is -2.57. The second-order valence-corrected chi connectivity index (χ2v) is 5.52. The second kappa shape index (κ2) is 8.16. The molecule has 3 N–H and O–H groups in total. The fourth-order valence-electron chi connectivity index (χ4n) is 1.06. The highest BCUT2D eigenvalue weighted by Gasteiger charge is 2.27. The molecule has 0 heterocycles. The molecule has 9 heteroatoms. The van der Waals surface area contributed by atoms with Gasteiger partial charge in [-0.1, -0.05) is 0 Å². The van der Waals surface area contributed by atoms with Crippen LogP contribution in [0.2, 0.25) is 0 Å². The third-order valence-corrected chi connectivity index (χ3v) is 2.55. The van der Waals surface area contributed by atoms with E-state index < -0.39 is 35.7 Å². The summed E-state index contributed by atoms with van der Waals surface area (Å²) in [5, 5.41) is 13.2. The van der Waals surface area contributed by atoms with E-state index in [4.69, 9.17) is 33.0 Å². The van der Waals surface area contributed by atoms with Gasteiger partial charge in [-0.15, -0.1) is 23.2 Å². The van der Waals surface area contributed by atoms with Gasteiger partial charge in [0.05, 0.1) is 11.8 Å². The average molecular weight is 329 g/mol. The summed E-state index contributed by atoms with van der Waals surface area (Å²) in [7, 11) is 0. The van der Waals surface area contributed by atoms with E-state index in [1.54, 1.807) is 20.8 Å². The zero-order chi connectivity index (χ0) is 15.9. The van der Waals surface area contributed by atoms with Crippen molar-refractivity contribution in [3.05, 3.63) is 0 Å². The van der Waals surface area contributed by atoms with Crippen LogP contribution in [0, 0.1) is 0 Å². The molecule has 0 saturated heterocycles. The first-order chi connectivity index (χ1) is 9.10. The number of alkyl halides is 2. The van der Waals surface area contributed by atoms with Gasteiger partial charge in [0.25, 0.3) is 0 Å². The molecule has 116 valence electrons. The Bertz CT molecular complexity index is 370. The number of aliphatic carboxylic acids is 1. The second-order valence-electron chi connectivity index (χ2n) is 4.91. The standard InChI is InChI=1S/C11H18Cl2N2O5/c1-11(2,3)20-10(19)15-6(4-12)8(16)14-7(5-13)9(17)18/h6-7H,4-5H2,1-3H3,(H,14,16)(H,15,19)(H,17,18)/t6-,7-/m0/s1. The summed E-state index contributed by atoms with van der Waals surface area (Å²) >= 11 is 11.0. The van der Waals surface area contributed by atoms with Crippen LogP contribution >= 0.6 is 23.2 Å². The van der Waals surface area contributed by atoms with Gasteiger partial charge in [0.15, 0.2) is 0 Å². The van der Waals surface area contributed by atoms with E-state index in [9.17, 15) is 14.4 Å². The molecule has 0 aliphatic rings. The number of nitrogens with one attached hydrogen (secondary N) is 2. The van der Waals surface area contributed by atoms with Gasteiger partial charge in [-0.05, 0) is 20.8 Å². The zero-order valence-electron chi connectivity index (χ0n) is 11.4. The smallest absolute Gasteiger partial charge is 0.408 e. The Morgan fingerprint density at radius 2 is 1.60 bits per heavy atom. The van der Waals surface area contributed by atoms with Crippen LogP contribution in [-0.2, 0) is 14.3 Å². The molecule has 2 atom stereocenters. The van der Waals surface area contributed by atoms with E-state index in [1.807, 2.05) is 0 Å². The van der Waals surface area contributed by atoms with Crippen LogP contribution in [0.15, 0.2) is 0 Å². The number of carboxylic acids is 1. The maximum atomic E-state index is 11.8. The number of hydrogen-bond acceptors (Lipinski definition) is 4. The van der Waals surface area contributed by atoms with Gasteiger partial charge in [0, 0.05) is 0 Å². The lowest BCUT2D eigenvalue weighted by atomic mass is 10.2. The fraction of sp³-hybridized carbons (Fsp3) is 0.727. The highest BCUT2D eigenvalue weighted by atomic mass is 35.5. The van der Waals surface area contributed by atoms with Gasteiger partial charge in [-0.25, -0.2) is 9.59 Å². The monoisotopic (exact) mass is 328 g/mol. The number of ether oxygens (including phenoxy) is 1. The van der Waals surface area contributed by atoms with E-state index in [2.05, 4.69) is 10.6 Å². The van der Waals surface area contributed by atoms with E-state index in [-0.39, 0.29) is 11.8 Å². The van der Waals surface area contributed by atoms with E-state index in [1.165, 1.54) is 0 Å². The van der Waals surface area contributed by atoms with Gasteiger partial charge in [-0.2, -0.15) is 0 Å². The molecule has 7 nitrogen and oxygen atoms in total. The number of carbonyl (C=O) groups excluding carboxylic acids is 2. The third-order valence-electron chi connectivity index (χ3n) is 1.93. The maximum Gasteiger partial charge on any atom is 0.408 e. The van der Waals surface area contributed by atoms with E-state index in [0.717, 1.165) is 0 Å². The Hall–Kier alpha value is -1.21. The van der Waals surface area contributed by atoms with E-state index in [0.29, 0.717) is 0 Å². The summed E-state index contributed by atoms with van der Waals surface area (Å²) < 4.78 is 4.97. The lowest BCUT2D eigenvalue weighted by Crippen LogP contribution is -2.53. The van der Waals surface area contributed by atoms with Crippen molar-refractivity contribution in [2.24, 2.45) is 0 Å². The molecule has 0 spiro atoms. The van der Waals surface area contributed by atoms with Crippen molar-refractivity contribution in [3.8, 4) is 0 Å². The molecule has 20 heavy (non-hydrogen) atoms. The molecule has 0 saturated carbocycles. The molecule has 2 amide bonds. The number of amides is 2. The Morgan fingerprint density at radius 3 is 1.95 bits per heavy atom. The molecule has 0 bridgehead atoms. The summed E-state index contributed by atoms with van der Waals surface area (Å²) in [4.78, 5) is 34.0. The van der Waals surface area contributed by atoms with Gasteiger partial charge >= 0.3 is 12.1 Å². The Morgan fingerprint density at radius 1 is 1.10 bits per heavy atom. The van der Waals surface area contributed by atoms with Crippen molar-refractivity contribution in [1.29, 1.82) is 0 Å². The van der Waals surface area contributed by atoms with Gasteiger partial charge in [0.1, 0.15) is 17.7 Å². The normalized spacial score (nSPS) is 14.1. The van der Waals surface area contributed by atoms with Crippen LogP contribution in [-0.4, -0.2) is 52.5 Å². The molecule has 0 rings (SSSR count). The highest BCUT2D eigenvalue weighted by Crippen LogP contribution is 2.07. The van der Waals surface area contributed by atoms with E-state index >= 15 is 0 Å². The molecule has 0 radical (unpaired) electrons. The van der Waals surface area contributed by atoms with Gasteiger partial charge in [0.2, 0.25) is 5.91 Å². The molecule has 0 fully saturated rings. The number of carboxylic acid groups (broad SMARTS) is 1. The molecule has 0 aliphatic carbocycles. The SMILES string of the molecule is CC(C)(C)OC(=O)N[C@@H](CCl)C(=O)N[C@@H](CCl)C(=O)O. The van der Waals surface area contributed by atoms with Crippen LogP contribution in [0.3, 0.4) is 0 Å². The van der Waals surface area contributed by atoms with Crippen LogP contribution in [0.25, 0.3) is 0 Å². The van der Waals surface area contributed by atoms with Gasteiger partial charge < -0.3 is 20.5 Å². The van der Waals surface area contributed by atoms with Gasteiger partial charge in [-0.3, -0.25) is 4.79 Å². The quantitative estimate of drug-likeness (QED) is 0.629. The molecule has 0 aliphatic heterocycles. The van der Waals surface area contributed by atoms with Crippen molar-refractivity contribution in [2.45, 2.75) is 38.5 Å². The minimum Gasteiger partial charge on any atom is -0.480 e. The van der Waals surface area contributed by atoms with Crippen LogP contribution in [0.4, 0.5) is 4.79 Å². The first-order valence-electron chi connectivity index (χ1n) is 5.75. The molecular weight excluding hydrogens is 311 g/mol. The summed E-state index contributed by atoms with van der Waals surface area (Å²) in [5.41, 5.74) is -0.725. The predicted molar refractivity (Wildman–Crippen MR) is 74.2 cm³/mol. The zero-order valence-corrected chi connectivity index (χ0v) is 12.9. The van der Waals surface area contributed by atoms with Crippen LogP contribution in [0.1, 0.15) is 20.8 Å². The Balaban J connectivity index is 4.56. The number of hydrogen-bond donors (Lipinski definition) is 3. The summed E-state index contributed by atoms with van der Waals surface area (Å²) in [6, 6.07) is -2.37. The maximum absolute atomic E-state index is 11.8. The molecule has 0 aromatic heterocycles. The molecular formula is C11H18Cl2N2O5. The first kappa shape index (κ1) is 18.8. The highest BCUT2D eigenvalue weighted by molar-refractivity contribution is 6.21. The Labute approximate surface area is 126 Å². The minimum atomic E-state index is -1.28. The summed E-state index contributed by atoms with van der Waals surface area (Å²) in [6.07, 6.45) is -0.823. The largest absolute Gasteiger partial charge is 0.480 e. The van der Waals surface area contributed by atoms with Crippen molar-refractivity contribution in [1.82, 2.24) is 10.6 Å². The topological polar surface area (TPSA) is 105 Å². The molecule has 0 aromatic carbocycles. The number of rotatable bonds is 6. The minimum absolute atomic E-state index is 0.236. The first-order valence-corrected chi connectivity index (χ1v) is 6.82. The number of halogens is 2. The number of alkyl carbamates (subject to hydrolysis) is 1. The molecule has 0 unspecified atom stereocenters. The average Bonchev–Trinajstić information content (AvgIpc) is 2.29. The van der Waals surface area contributed by atoms with Crippen molar-refractivity contribution in [2.75, 3.05) is 11.8 Å². The Kier molecular flexibility index (Phi) is 7.67. The summed E-state index contributed by atoms with van der Waals surface area (Å²) in [6.45, 7) is 4.99.